The molecule has 1 aromatic rings. The maximum Gasteiger partial charge on any atom is 0.326 e. The Hall–Kier alpha value is -2.02. The summed E-state index contributed by atoms with van der Waals surface area (Å²) in [4.78, 5) is 36.2. The second-order valence-corrected chi connectivity index (χ2v) is 7.02. The van der Waals surface area contributed by atoms with E-state index < -0.39 is 17.9 Å². The predicted octanol–water partition coefficient (Wildman–Crippen LogP) is 2.35. The number of carbonyl (C=O) groups excluding carboxylic acids is 2. The predicted molar refractivity (Wildman–Crippen MR) is 88.7 cm³/mol. The molecule has 23 heavy (non-hydrogen) atoms. The first-order valence-corrected chi connectivity index (χ1v) is 8.36. The fourth-order valence-electron chi connectivity index (χ4n) is 2.26. The van der Waals surface area contributed by atoms with Crippen LogP contribution in [0, 0.1) is 5.92 Å². The monoisotopic (exact) mass is 336 g/mol. The van der Waals surface area contributed by atoms with E-state index in [-0.39, 0.29) is 17.1 Å². The third kappa shape index (κ3) is 3.85. The number of aliphatic carboxylic acids is 1. The molecule has 3 unspecified atom stereocenters. The third-order valence-electron chi connectivity index (χ3n) is 3.94. The highest BCUT2D eigenvalue weighted by atomic mass is 32.2. The second-order valence-electron chi connectivity index (χ2n) is 5.64. The summed E-state index contributed by atoms with van der Waals surface area (Å²) in [6.45, 7) is 5.47. The van der Waals surface area contributed by atoms with Crippen LogP contribution in [0.15, 0.2) is 23.1 Å². The maximum absolute atomic E-state index is 12.3. The Bertz CT molecular complexity index is 647. The van der Waals surface area contributed by atoms with Gasteiger partial charge >= 0.3 is 5.97 Å². The highest BCUT2D eigenvalue weighted by Crippen LogP contribution is 2.35. The Morgan fingerprint density at radius 3 is 2.74 bits per heavy atom. The molecule has 3 N–H and O–H groups in total. The fourth-order valence-corrected chi connectivity index (χ4v) is 3.19. The van der Waals surface area contributed by atoms with Gasteiger partial charge in [0.15, 0.2) is 0 Å². The number of rotatable bonds is 5. The molecule has 1 aromatic carbocycles. The average molecular weight is 336 g/mol. The minimum atomic E-state index is -1.05. The van der Waals surface area contributed by atoms with E-state index in [4.69, 9.17) is 0 Å². The largest absolute Gasteiger partial charge is 0.480 e. The van der Waals surface area contributed by atoms with Crippen LogP contribution in [0.1, 0.15) is 37.6 Å². The van der Waals surface area contributed by atoms with Crippen LogP contribution >= 0.6 is 11.8 Å². The number of carbonyl (C=O) groups is 3. The van der Waals surface area contributed by atoms with E-state index >= 15 is 0 Å². The van der Waals surface area contributed by atoms with Crippen LogP contribution in [-0.4, -0.2) is 34.2 Å². The number of carboxylic acids is 1. The number of hydrogen-bond donors (Lipinski definition) is 3. The molecule has 0 fully saturated rings. The molecule has 6 nitrogen and oxygen atoms in total. The standard InChI is InChI=1S/C16H20N2O4S/c1-4-8(2)13(16(21)22)18-15(20)10-5-6-12-11(7-10)17-14(19)9(3)23-12/h5-9,13H,4H2,1-3H3,(H,17,19)(H,18,20)(H,21,22). The van der Waals surface area contributed by atoms with Crippen molar-refractivity contribution in [2.24, 2.45) is 5.92 Å². The van der Waals surface area contributed by atoms with E-state index in [1.54, 1.807) is 25.1 Å². The zero-order chi connectivity index (χ0) is 17.1. The summed E-state index contributed by atoms with van der Waals surface area (Å²) in [5, 5.41) is 14.4. The van der Waals surface area contributed by atoms with Gasteiger partial charge in [-0.3, -0.25) is 9.59 Å². The molecule has 7 heteroatoms. The van der Waals surface area contributed by atoms with Crippen LogP contribution in [-0.2, 0) is 9.59 Å². The molecular weight excluding hydrogens is 316 g/mol. The van der Waals surface area contributed by atoms with E-state index in [2.05, 4.69) is 10.6 Å². The van der Waals surface area contributed by atoms with Gasteiger partial charge in [-0.1, -0.05) is 20.3 Å². The van der Waals surface area contributed by atoms with Gasteiger partial charge in [0.1, 0.15) is 6.04 Å². The van der Waals surface area contributed by atoms with Crippen molar-refractivity contribution in [3.63, 3.8) is 0 Å². The summed E-state index contributed by atoms with van der Waals surface area (Å²) < 4.78 is 0. The molecule has 1 aliphatic rings. The lowest BCUT2D eigenvalue weighted by Crippen LogP contribution is -2.45. The Labute approximate surface area is 139 Å². The molecule has 0 radical (unpaired) electrons. The van der Waals surface area contributed by atoms with Crippen molar-refractivity contribution in [3.8, 4) is 0 Å². The molecule has 2 amide bonds. The Morgan fingerprint density at radius 1 is 1.43 bits per heavy atom. The van der Waals surface area contributed by atoms with Crippen LogP contribution in [0.2, 0.25) is 0 Å². The van der Waals surface area contributed by atoms with Gasteiger partial charge in [-0.05, 0) is 31.0 Å². The number of hydrogen-bond acceptors (Lipinski definition) is 4. The van der Waals surface area contributed by atoms with Gasteiger partial charge in [-0.2, -0.15) is 0 Å². The summed E-state index contributed by atoms with van der Waals surface area (Å²) >= 11 is 1.43. The van der Waals surface area contributed by atoms with Crippen LogP contribution in [0.4, 0.5) is 5.69 Å². The Balaban J connectivity index is 2.19. The zero-order valence-electron chi connectivity index (χ0n) is 13.3. The molecule has 1 aliphatic heterocycles. The lowest BCUT2D eigenvalue weighted by molar-refractivity contribution is -0.140. The molecule has 0 spiro atoms. The summed E-state index contributed by atoms with van der Waals surface area (Å²) in [5.74, 6) is -1.80. The quantitative estimate of drug-likeness (QED) is 0.767. The lowest BCUT2D eigenvalue weighted by Gasteiger charge is -2.23. The molecule has 0 saturated carbocycles. The fraction of sp³-hybridized carbons (Fsp3) is 0.438. The normalized spacial score (nSPS) is 19.3. The van der Waals surface area contributed by atoms with E-state index in [0.29, 0.717) is 17.7 Å². The van der Waals surface area contributed by atoms with Crippen molar-refractivity contribution in [1.29, 1.82) is 0 Å². The molecule has 0 saturated heterocycles. The van der Waals surface area contributed by atoms with E-state index in [0.717, 1.165) is 4.90 Å². The topological polar surface area (TPSA) is 95.5 Å². The van der Waals surface area contributed by atoms with E-state index in [1.807, 2.05) is 13.8 Å². The highest BCUT2D eigenvalue weighted by molar-refractivity contribution is 8.00. The van der Waals surface area contributed by atoms with Crippen LogP contribution in [0.25, 0.3) is 0 Å². The van der Waals surface area contributed by atoms with E-state index in [9.17, 15) is 19.5 Å². The smallest absolute Gasteiger partial charge is 0.326 e. The van der Waals surface area contributed by atoms with Crippen LogP contribution in [0.5, 0.6) is 0 Å². The molecule has 0 aromatic heterocycles. The summed E-state index contributed by atoms with van der Waals surface area (Å²) in [5.41, 5.74) is 0.912. The lowest BCUT2D eigenvalue weighted by atomic mass is 9.99. The van der Waals surface area contributed by atoms with E-state index in [1.165, 1.54) is 11.8 Å². The summed E-state index contributed by atoms with van der Waals surface area (Å²) in [6.07, 6.45) is 0.645. The van der Waals surface area contributed by atoms with Gasteiger partial charge in [-0.15, -0.1) is 11.8 Å². The van der Waals surface area contributed by atoms with Gasteiger partial charge < -0.3 is 15.7 Å². The molecule has 0 aliphatic carbocycles. The number of fused-ring (bicyclic) bond motifs is 1. The minimum absolute atomic E-state index is 0.108. The van der Waals surface area contributed by atoms with Crippen molar-refractivity contribution in [2.75, 3.05) is 5.32 Å². The number of benzene rings is 1. The first-order chi connectivity index (χ1) is 10.8. The molecule has 3 atom stereocenters. The summed E-state index contributed by atoms with van der Waals surface area (Å²) in [7, 11) is 0. The van der Waals surface area contributed by atoms with Crippen molar-refractivity contribution in [1.82, 2.24) is 5.32 Å². The number of thioether (sulfide) groups is 1. The van der Waals surface area contributed by atoms with Crippen LogP contribution in [0.3, 0.4) is 0 Å². The molecular formula is C16H20N2O4S. The van der Waals surface area contributed by atoms with Crippen molar-refractivity contribution < 1.29 is 19.5 Å². The number of nitrogens with one attached hydrogen (secondary N) is 2. The van der Waals surface area contributed by atoms with Gasteiger partial charge in [-0.25, -0.2) is 4.79 Å². The van der Waals surface area contributed by atoms with Crippen molar-refractivity contribution in [3.05, 3.63) is 23.8 Å². The molecule has 2 rings (SSSR count). The van der Waals surface area contributed by atoms with Gasteiger partial charge in [0, 0.05) is 10.5 Å². The first kappa shape index (κ1) is 17.3. The summed E-state index contributed by atoms with van der Waals surface area (Å²) in [6, 6.07) is 4.05. The van der Waals surface area contributed by atoms with Crippen LogP contribution < -0.4 is 10.6 Å². The Kier molecular flexibility index (Phi) is 5.30. The third-order valence-corrected chi connectivity index (χ3v) is 5.12. The Morgan fingerprint density at radius 2 is 2.13 bits per heavy atom. The minimum Gasteiger partial charge on any atom is -0.480 e. The molecule has 0 bridgehead atoms. The average Bonchev–Trinajstić information content (AvgIpc) is 2.52. The zero-order valence-corrected chi connectivity index (χ0v) is 14.1. The van der Waals surface area contributed by atoms with Crippen molar-refractivity contribution in [2.45, 2.75) is 43.4 Å². The second kappa shape index (κ2) is 7.04. The van der Waals surface area contributed by atoms with Gasteiger partial charge in [0.05, 0.1) is 10.9 Å². The number of amides is 2. The molecule has 124 valence electrons. The number of carboxylic acid groups (broad SMARTS) is 1. The molecule has 1 heterocycles. The SMILES string of the molecule is CCC(C)C(NC(=O)c1ccc2c(c1)NC(=O)C(C)S2)C(=O)O. The van der Waals surface area contributed by atoms with Gasteiger partial charge in [0.25, 0.3) is 5.91 Å². The first-order valence-electron chi connectivity index (χ1n) is 7.48. The van der Waals surface area contributed by atoms with Gasteiger partial charge in [0.2, 0.25) is 5.91 Å². The maximum atomic E-state index is 12.3. The van der Waals surface area contributed by atoms with Crippen molar-refractivity contribution >= 4 is 35.2 Å². The highest BCUT2D eigenvalue weighted by Gasteiger charge is 2.27. The number of anilines is 1.